The zero-order valence-electron chi connectivity index (χ0n) is 9.82. The number of aryl methyl sites for hydroxylation is 1. The van der Waals surface area contributed by atoms with Crippen molar-refractivity contribution in [2.45, 2.75) is 39.3 Å². The quantitative estimate of drug-likeness (QED) is 0.822. The van der Waals surface area contributed by atoms with E-state index < -0.39 is 0 Å². The van der Waals surface area contributed by atoms with E-state index in [4.69, 9.17) is 10.5 Å². The fourth-order valence-corrected chi connectivity index (χ4v) is 1.55. The van der Waals surface area contributed by atoms with E-state index in [9.17, 15) is 0 Å². The Morgan fingerprint density at radius 1 is 1.53 bits per heavy atom. The van der Waals surface area contributed by atoms with E-state index in [0.29, 0.717) is 0 Å². The first-order chi connectivity index (χ1) is 7.10. The molecule has 0 aromatic carbocycles. The molecule has 2 N–H and O–H groups in total. The predicted molar refractivity (Wildman–Crippen MR) is 59.4 cm³/mol. The molecule has 0 radical (unpaired) electrons. The van der Waals surface area contributed by atoms with Crippen LogP contribution < -0.4 is 5.73 Å². The van der Waals surface area contributed by atoms with Gasteiger partial charge in [-0.1, -0.05) is 6.92 Å². The molecule has 1 rings (SSSR count). The smallest absolute Gasteiger partial charge is 0.157 e. The van der Waals surface area contributed by atoms with Gasteiger partial charge in [0, 0.05) is 30.6 Å². The molecular formula is C11H19N3O. The van der Waals surface area contributed by atoms with E-state index in [1.807, 2.05) is 20.8 Å². The number of hydrogen-bond acceptors (Lipinski definition) is 4. The molecule has 15 heavy (non-hydrogen) atoms. The third-order valence-electron chi connectivity index (χ3n) is 2.47. The van der Waals surface area contributed by atoms with Crippen molar-refractivity contribution < 1.29 is 4.74 Å². The molecule has 0 aliphatic rings. The lowest BCUT2D eigenvalue weighted by Gasteiger charge is -2.14. The van der Waals surface area contributed by atoms with Gasteiger partial charge in [0.25, 0.3) is 0 Å². The normalized spacial score (nSPS) is 15.0. The molecule has 0 spiro atoms. The Morgan fingerprint density at radius 2 is 2.20 bits per heavy atom. The fraction of sp³-hybridized carbons (Fsp3) is 0.636. The van der Waals surface area contributed by atoms with Crippen LogP contribution in [0.25, 0.3) is 0 Å². The number of nitrogens with zero attached hydrogens (tertiary/aromatic N) is 2. The lowest BCUT2D eigenvalue weighted by atomic mass is 10.1. The largest absolute Gasteiger partial charge is 0.373 e. The Kier molecular flexibility index (Phi) is 4.17. The van der Waals surface area contributed by atoms with Crippen molar-refractivity contribution in [3.05, 3.63) is 23.3 Å². The summed E-state index contributed by atoms with van der Waals surface area (Å²) in [5.74, 6) is 0.738. The van der Waals surface area contributed by atoms with Crippen molar-refractivity contribution in [3.63, 3.8) is 0 Å². The van der Waals surface area contributed by atoms with E-state index in [-0.39, 0.29) is 12.1 Å². The first-order valence-electron chi connectivity index (χ1n) is 5.22. The van der Waals surface area contributed by atoms with Gasteiger partial charge in [-0.25, -0.2) is 9.97 Å². The molecule has 1 heterocycles. The minimum Gasteiger partial charge on any atom is -0.373 e. The maximum Gasteiger partial charge on any atom is 0.157 e. The highest BCUT2D eigenvalue weighted by Gasteiger charge is 2.13. The topological polar surface area (TPSA) is 61.0 Å². The molecule has 2 atom stereocenters. The standard InChI is InChI=1S/C11H19N3O/c1-5-10(15-4)11-13-6-9(7(2)12)8(3)14-11/h6-7,10H,5,12H2,1-4H3/t7-,10?/m1/s1. The Labute approximate surface area is 90.9 Å². The zero-order valence-corrected chi connectivity index (χ0v) is 9.82. The molecule has 0 fully saturated rings. The summed E-state index contributed by atoms with van der Waals surface area (Å²) in [7, 11) is 1.67. The molecule has 84 valence electrons. The number of hydrogen-bond donors (Lipinski definition) is 1. The molecule has 0 bridgehead atoms. The van der Waals surface area contributed by atoms with Gasteiger partial charge in [0.2, 0.25) is 0 Å². The number of aromatic nitrogens is 2. The van der Waals surface area contributed by atoms with E-state index in [1.165, 1.54) is 0 Å². The van der Waals surface area contributed by atoms with Crippen molar-refractivity contribution in [3.8, 4) is 0 Å². The van der Waals surface area contributed by atoms with Gasteiger partial charge in [0.15, 0.2) is 5.82 Å². The van der Waals surface area contributed by atoms with Gasteiger partial charge in [-0.05, 0) is 20.3 Å². The summed E-state index contributed by atoms with van der Waals surface area (Å²) in [6.07, 6.45) is 2.64. The van der Waals surface area contributed by atoms with Crippen LogP contribution >= 0.6 is 0 Å². The summed E-state index contributed by atoms with van der Waals surface area (Å²) >= 11 is 0. The molecule has 1 aromatic rings. The molecule has 0 aliphatic carbocycles. The minimum absolute atomic E-state index is 0.0224. The Balaban J connectivity index is 3.00. The van der Waals surface area contributed by atoms with Crippen molar-refractivity contribution >= 4 is 0 Å². The minimum atomic E-state index is -0.0262. The second-order valence-electron chi connectivity index (χ2n) is 3.69. The highest BCUT2D eigenvalue weighted by molar-refractivity contribution is 5.19. The Bertz CT molecular complexity index is 322. The molecule has 0 aliphatic heterocycles. The van der Waals surface area contributed by atoms with Crippen LogP contribution in [0.2, 0.25) is 0 Å². The monoisotopic (exact) mass is 209 g/mol. The van der Waals surface area contributed by atoms with Crippen LogP contribution in [0, 0.1) is 6.92 Å². The van der Waals surface area contributed by atoms with Gasteiger partial charge in [-0.3, -0.25) is 0 Å². The van der Waals surface area contributed by atoms with E-state index >= 15 is 0 Å². The van der Waals surface area contributed by atoms with E-state index in [1.54, 1.807) is 13.3 Å². The highest BCUT2D eigenvalue weighted by atomic mass is 16.5. The summed E-state index contributed by atoms with van der Waals surface area (Å²) in [6.45, 7) is 5.93. The number of rotatable bonds is 4. The van der Waals surface area contributed by atoms with E-state index in [0.717, 1.165) is 23.5 Å². The van der Waals surface area contributed by atoms with Crippen LogP contribution in [0.5, 0.6) is 0 Å². The highest BCUT2D eigenvalue weighted by Crippen LogP contribution is 2.19. The summed E-state index contributed by atoms with van der Waals surface area (Å²) in [6, 6.07) is -0.0262. The first kappa shape index (κ1) is 12.1. The third kappa shape index (κ3) is 2.73. The maximum atomic E-state index is 5.79. The van der Waals surface area contributed by atoms with Crippen LogP contribution in [0.1, 0.15) is 49.5 Å². The summed E-state index contributed by atoms with van der Waals surface area (Å²) in [4.78, 5) is 8.71. The molecular weight excluding hydrogens is 190 g/mol. The summed E-state index contributed by atoms with van der Waals surface area (Å²) < 4.78 is 5.28. The molecule has 0 saturated carbocycles. The average Bonchev–Trinajstić information content (AvgIpc) is 2.19. The maximum absolute atomic E-state index is 5.79. The van der Waals surface area contributed by atoms with Gasteiger partial charge in [0.05, 0.1) is 0 Å². The molecule has 0 saturated heterocycles. The summed E-state index contributed by atoms with van der Waals surface area (Å²) in [5, 5.41) is 0. The van der Waals surface area contributed by atoms with Crippen LogP contribution in [-0.2, 0) is 4.74 Å². The van der Waals surface area contributed by atoms with Crippen molar-refractivity contribution in [2.24, 2.45) is 5.73 Å². The third-order valence-corrected chi connectivity index (χ3v) is 2.47. The van der Waals surface area contributed by atoms with Gasteiger partial charge < -0.3 is 10.5 Å². The second kappa shape index (κ2) is 5.19. The van der Waals surface area contributed by atoms with Gasteiger partial charge in [-0.15, -0.1) is 0 Å². The van der Waals surface area contributed by atoms with Crippen LogP contribution in [0.3, 0.4) is 0 Å². The second-order valence-corrected chi connectivity index (χ2v) is 3.69. The molecule has 1 aromatic heterocycles. The van der Waals surface area contributed by atoms with Crippen LogP contribution in [0.4, 0.5) is 0 Å². The van der Waals surface area contributed by atoms with Crippen LogP contribution in [-0.4, -0.2) is 17.1 Å². The van der Waals surface area contributed by atoms with Gasteiger partial charge in [0.1, 0.15) is 6.10 Å². The first-order valence-corrected chi connectivity index (χ1v) is 5.22. The SMILES string of the molecule is CCC(OC)c1ncc([C@@H](C)N)c(C)n1. The number of methoxy groups -OCH3 is 1. The van der Waals surface area contributed by atoms with Crippen molar-refractivity contribution in [2.75, 3.05) is 7.11 Å². The summed E-state index contributed by atoms with van der Waals surface area (Å²) in [5.41, 5.74) is 7.72. The Hall–Kier alpha value is -1.00. The van der Waals surface area contributed by atoms with Crippen molar-refractivity contribution in [1.82, 2.24) is 9.97 Å². The molecule has 0 amide bonds. The average molecular weight is 209 g/mol. The lowest BCUT2D eigenvalue weighted by Crippen LogP contribution is -2.12. The Morgan fingerprint density at radius 3 is 2.60 bits per heavy atom. The lowest BCUT2D eigenvalue weighted by molar-refractivity contribution is 0.0923. The molecule has 4 nitrogen and oxygen atoms in total. The zero-order chi connectivity index (χ0) is 11.4. The van der Waals surface area contributed by atoms with E-state index in [2.05, 4.69) is 9.97 Å². The van der Waals surface area contributed by atoms with Crippen molar-refractivity contribution in [1.29, 1.82) is 0 Å². The van der Waals surface area contributed by atoms with Crippen LogP contribution in [0.15, 0.2) is 6.20 Å². The van der Waals surface area contributed by atoms with Gasteiger partial charge >= 0.3 is 0 Å². The fourth-order valence-electron chi connectivity index (χ4n) is 1.55. The molecule has 4 heteroatoms. The number of ether oxygens (including phenoxy) is 1. The predicted octanol–water partition coefficient (Wildman–Crippen LogP) is 1.90. The number of nitrogens with two attached hydrogens (primary N) is 1. The van der Waals surface area contributed by atoms with Gasteiger partial charge in [-0.2, -0.15) is 0 Å². The molecule has 1 unspecified atom stereocenters.